The number of benzene rings is 1. The maximum atomic E-state index is 11.9. The number of hydrogen-bond acceptors (Lipinski definition) is 2. The Labute approximate surface area is 107 Å². The summed E-state index contributed by atoms with van der Waals surface area (Å²) in [5.41, 5.74) is 2.92. The van der Waals surface area contributed by atoms with E-state index in [1.807, 2.05) is 19.1 Å². The second-order valence-electron chi connectivity index (χ2n) is 5.20. The van der Waals surface area contributed by atoms with Gasteiger partial charge in [-0.05, 0) is 31.4 Å². The molecular formula is C14H18N2O2. The van der Waals surface area contributed by atoms with Crippen LogP contribution in [0.1, 0.15) is 36.8 Å². The Morgan fingerprint density at radius 2 is 2.00 bits per heavy atom. The third-order valence-electron chi connectivity index (χ3n) is 4.12. The molecule has 1 aromatic rings. The van der Waals surface area contributed by atoms with Gasteiger partial charge >= 0.3 is 6.03 Å². The Morgan fingerprint density at radius 1 is 1.28 bits per heavy atom. The van der Waals surface area contributed by atoms with Crippen molar-refractivity contribution in [2.45, 2.75) is 38.1 Å². The molecule has 0 atom stereocenters. The Hall–Kier alpha value is -1.71. The lowest BCUT2D eigenvalue weighted by Crippen LogP contribution is -2.50. The van der Waals surface area contributed by atoms with Crippen LogP contribution in [0.15, 0.2) is 12.1 Å². The Kier molecular flexibility index (Phi) is 2.47. The van der Waals surface area contributed by atoms with Crippen LogP contribution < -0.4 is 15.4 Å². The summed E-state index contributed by atoms with van der Waals surface area (Å²) < 4.78 is 5.50. The summed E-state index contributed by atoms with van der Waals surface area (Å²) in [6.07, 6.45) is 4.29. The van der Waals surface area contributed by atoms with Crippen molar-refractivity contribution < 1.29 is 9.53 Å². The van der Waals surface area contributed by atoms with Gasteiger partial charge in [0.1, 0.15) is 5.75 Å². The molecule has 1 spiro atoms. The highest BCUT2D eigenvalue weighted by molar-refractivity contribution is 5.95. The normalized spacial score (nSPS) is 20.2. The van der Waals surface area contributed by atoms with E-state index in [4.69, 9.17) is 4.74 Å². The van der Waals surface area contributed by atoms with Crippen molar-refractivity contribution in [3.05, 3.63) is 23.3 Å². The number of anilines is 1. The van der Waals surface area contributed by atoms with E-state index in [0.717, 1.165) is 48.2 Å². The minimum atomic E-state index is -0.227. The van der Waals surface area contributed by atoms with Crippen molar-refractivity contribution in [2.75, 3.05) is 12.4 Å². The number of urea groups is 1. The number of rotatable bonds is 1. The topological polar surface area (TPSA) is 50.4 Å². The first-order valence-corrected chi connectivity index (χ1v) is 6.43. The average molecular weight is 246 g/mol. The molecule has 96 valence electrons. The number of methoxy groups -OCH3 is 1. The minimum Gasteiger partial charge on any atom is -0.496 e. The van der Waals surface area contributed by atoms with Crippen LogP contribution in [0.5, 0.6) is 5.75 Å². The summed E-state index contributed by atoms with van der Waals surface area (Å²) in [4.78, 5) is 11.9. The van der Waals surface area contributed by atoms with E-state index >= 15 is 0 Å². The second kappa shape index (κ2) is 3.90. The standard InChI is InChI=1S/C14H18N2O2/c1-9-5-6-10(18-2)11-12(9)15-13(17)16-14(11)7-3-4-8-14/h5-6H,3-4,7-8H2,1-2H3,(H2,15,16,17). The van der Waals surface area contributed by atoms with E-state index in [1.165, 1.54) is 0 Å². The fourth-order valence-electron chi connectivity index (χ4n) is 3.27. The highest BCUT2D eigenvalue weighted by atomic mass is 16.5. The van der Waals surface area contributed by atoms with Gasteiger partial charge in [-0.15, -0.1) is 0 Å². The molecule has 18 heavy (non-hydrogen) atoms. The monoisotopic (exact) mass is 246 g/mol. The van der Waals surface area contributed by atoms with E-state index in [2.05, 4.69) is 10.6 Å². The van der Waals surface area contributed by atoms with Crippen LogP contribution in [-0.2, 0) is 5.54 Å². The summed E-state index contributed by atoms with van der Waals surface area (Å²) >= 11 is 0. The van der Waals surface area contributed by atoms with E-state index in [0.29, 0.717) is 0 Å². The van der Waals surface area contributed by atoms with Crippen LogP contribution >= 0.6 is 0 Å². The molecule has 0 saturated heterocycles. The van der Waals surface area contributed by atoms with Crippen molar-refractivity contribution >= 4 is 11.7 Å². The van der Waals surface area contributed by atoms with Gasteiger partial charge < -0.3 is 15.4 Å². The third-order valence-corrected chi connectivity index (χ3v) is 4.12. The van der Waals surface area contributed by atoms with Crippen LogP contribution in [0, 0.1) is 6.92 Å². The SMILES string of the molecule is COc1ccc(C)c2c1C1(CCCC1)NC(=O)N2. The fourth-order valence-corrected chi connectivity index (χ4v) is 3.27. The molecule has 3 rings (SSSR count). The van der Waals surface area contributed by atoms with Crippen molar-refractivity contribution in [1.29, 1.82) is 0 Å². The van der Waals surface area contributed by atoms with Gasteiger partial charge in [0.15, 0.2) is 0 Å². The molecule has 1 fully saturated rings. The van der Waals surface area contributed by atoms with Gasteiger partial charge in [-0.1, -0.05) is 18.9 Å². The third kappa shape index (κ3) is 1.48. The molecule has 0 bridgehead atoms. The zero-order valence-electron chi connectivity index (χ0n) is 10.8. The molecular weight excluding hydrogens is 228 g/mol. The molecule has 2 N–H and O–H groups in total. The molecule has 0 radical (unpaired) electrons. The van der Waals surface area contributed by atoms with Crippen LogP contribution in [0.25, 0.3) is 0 Å². The maximum Gasteiger partial charge on any atom is 0.319 e. The first-order valence-electron chi connectivity index (χ1n) is 6.43. The van der Waals surface area contributed by atoms with Crippen molar-refractivity contribution in [1.82, 2.24) is 5.32 Å². The van der Waals surface area contributed by atoms with Crippen LogP contribution in [0.2, 0.25) is 0 Å². The quantitative estimate of drug-likeness (QED) is 0.800. The van der Waals surface area contributed by atoms with Gasteiger partial charge in [-0.25, -0.2) is 4.79 Å². The van der Waals surface area contributed by atoms with Crippen molar-refractivity contribution in [3.8, 4) is 5.75 Å². The van der Waals surface area contributed by atoms with E-state index in [9.17, 15) is 4.79 Å². The molecule has 1 saturated carbocycles. The average Bonchev–Trinajstić information content (AvgIpc) is 2.79. The summed E-state index contributed by atoms with van der Waals surface area (Å²) in [5, 5.41) is 6.04. The molecule has 4 heteroatoms. The lowest BCUT2D eigenvalue weighted by Gasteiger charge is -2.38. The number of ether oxygens (including phenoxy) is 1. The van der Waals surface area contributed by atoms with Gasteiger partial charge in [-0.3, -0.25) is 0 Å². The van der Waals surface area contributed by atoms with Crippen molar-refractivity contribution in [2.24, 2.45) is 0 Å². The predicted molar refractivity (Wildman–Crippen MR) is 70.0 cm³/mol. The summed E-state index contributed by atoms with van der Waals surface area (Å²) in [6.45, 7) is 2.02. The number of carbonyl (C=O) groups is 1. The highest BCUT2D eigenvalue weighted by Crippen LogP contribution is 2.48. The molecule has 1 aromatic carbocycles. The molecule has 1 aliphatic carbocycles. The fraction of sp³-hybridized carbons (Fsp3) is 0.500. The molecule has 0 aromatic heterocycles. The van der Waals surface area contributed by atoms with Gasteiger partial charge in [0.05, 0.1) is 18.3 Å². The molecule has 4 nitrogen and oxygen atoms in total. The Bertz CT molecular complexity index is 505. The number of fused-ring (bicyclic) bond motifs is 2. The first-order chi connectivity index (χ1) is 8.66. The largest absolute Gasteiger partial charge is 0.496 e. The molecule has 2 amide bonds. The first kappa shape index (κ1) is 11.4. The minimum absolute atomic E-state index is 0.0965. The number of aryl methyl sites for hydroxylation is 1. The molecule has 2 aliphatic rings. The zero-order valence-corrected chi connectivity index (χ0v) is 10.8. The molecule has 1 heterocycles. The number of amides is 2. The van der Waals surface area contributed by atoms with Gasteiger partial charge in [0.2, 0.25) is 0 Å². The molecule has 1 aliphatic heterocycles. The summed E-state index contributed by atoms with van der Waals surface area (Å²) in [6, 6.07) is 3.89. The lowest BCUT2D eigenvalue weighted by molar-refractivity contribution is 0.232. The number of hydrogen-bond donors (Lipinski definition) is 2. The summed E-state index contributed by atoms with van der Waals surface area (Å²) in [7, 11) is 1.68. The van der Waals surface area contributed by atoms with E-state index in [-0.39, 0.29) is 11.6 Å². The van der Waals surface area contributed by atoms with Gasteiger partial charge in [0, 0.05) is 5.56 Å². The Balaban J connectivity index is 2.24. The zero-order chi connectivity index (χ0) is 12.8. The number of carbonyl (C=O) groups excluding carboxylic acids is 1. The number of nitrogens with one attached hydrogen (secondary N) is 2. The van der Waals surface area contributed by atoms with Crippen molar-refractivity contribution in [3.63, 3.8) is 0 Å². The Morgan fingerprint density at radius 3 is 2.67 bits per heavy atom. The highest BCUT2D eigenvalue weighted by Gasteiger charge is 2.44. The maximum absolute atomic E-state index is 11.9. The van der Waals surface area contributed by atoms with Crippen LogP contribution in [-0.4, -0.2) is 13.1 Å². The lowest BCUT2D eigenvalue weighted by atomic mass is 9.83. The second-order valence-corrected chi connectivity index (χ2v) is 5.20. The molecule has 0 unspecified atom stereocenters. The predicted octanol–water partition coefficient (Wildman–Crippen LogP) is 2.91. The van der Waals surface area contributed by atoms with Gasteiger partial charge in [0.25, 0.3) is 0 Å². The van der Waals surface area contributed by atoms with Crippen LogP contribution in [0.3, 0.4) is 0 Å². The van der Waals surface area contributed by atoms with E-state index < -0.39 is 0 Å². The van der Waals surface area contributed by atoms with Crippen LogP contribution in [0.4, 0.5) is 10.5 Å². The van der Waals surface area contributed by atoms with E-state index in [1.54, 1.807) is 7.11 Å². The smallest absolute Gasteiger partial charge is 0.319 e. The van der Waals surface area contributed by atoms with Gasteiger partial charge in [-0.2, -0.15) is 0 Å². The summed E-state index contributed by atoms with van der Waals surface area (Å²) in [5.74, 6) is 0.866.